The van der Waals surface area contributed by atoms with Gasteiger partial charge in [-0.2, -0.15) is 0 Å². The van der Waals surface area contributed by atoms with Crippen molar-refractivity contribution < 1.29 is 19.0 Å². The van der Waals surface area contributed by atoms with Gasteiger partial charge in [0.15, 0.2) is 5.58 Å². The topological polar surface area (TPSA) is 68.9 Å². The monoisotopic (exact) mass is 358 g/mol. The molecule has 3 rings (SSSR count). The molecule has 0 bridgehead atoms. The van der Waals surface area contributed by atoms with Gasteiger partial charge >= 0.3 is 5.63 Å². The number of aliphatic hydroxyl groups is 1. The molecule has 1 aromatic heterocycles. The van der Waals surface area contributed by atoms with Crippen molar-refractivity contribution in [1.29, 1.82) is 0 Å². The summed E-state index contributed by atoms with van der Waals surface area (Å²) < 4.78 is 17.6. The summed E-state index contributed by atoms with van der Waals surface area (Å²) in [7, 11) is 0. The molecule has 140 valence electrons. The fourth-order valence-corrected chi connectivity index (χ4v) is 3.39. The van der Waals surface area contributed by atoms with Crippen LogP contribution in [0.1, 0.15) is 51.3 Å². The summed E-state index contributed by atoms with van der Waals surface area (Å²) in [5.74, 6) is 0.954. The van der Waals surface area contributed by atoms with Crippen molar-refractivity contribution in [2.24, 2.45) is 5.92 Å². The Balaban J connectivity index is 2.36. The fraction of sp³-hybridized carbons (Fsp3) is 0.476. The van der Waals surface area contributed by atoms with Crippen LogP contribution in [0.2, 0.25) is 0 Å². The molecule has 0 spiro atoms. The molecule has 5 nitrogen and oxygen atoms in total. The molecule has 26 heavy (non-hydrogen) atoms. The second-order valence-electron chi connectivity index (χ2n) is 7.02. The molecule has 1 aliphatic rings. The third-order valence-corrected chi connectivity index (χ3v) is 5.07. The highest BCUT2D eigenvalue weighted by Gasteiger charge is 2.36. The van der Waals surface area contributed by atoms with Crippen molar-refractivity contribution in [3.63, 3.8) is 0 Å². The molecule has 0 amide bonds. The zero-order valence-electron chi connectivity index (χ0n) is 15.7. The van der Waals surface area contributed by atoms with E-state index in [4.69, 9.17) is 13.9 Å². The first kappa shape index (κ1) is 18.5. The van der Waals surface area contributed by atoms with Crippen molar-refractivity contribution in [3.8, 4) is 11.5 Å². The van der Waals surface area contributed by atoms with Gasteiger partial charge in [-0.05, 0) is 25.8 Å². The molecule has 1 N–H and O–H groups in total. The molecule has 2 heterocycles. The average Bonchev–Trinajstić information content (AvgIpc) is 2.59. The summed E-state index contributed by atoms with van der Waals surface area (Å²) in [5.41, 5.74) is 1.30. The summed E-state index contributed by atoms with van der Waals surface area (Å²) in [6, 6.07) is 3.30. The quantitative estimate of drug-likeness (QED) is 0.642. The summed E-state index contributed by atoms with van der Waals surface area (Å²) in [5, 5.41) is 11.6. The summed E-state index contributed by atoms with van der Waals surface area (Å²) in [6.45, 7) is 11.5. The molecule has 0 saturated carbocycles. The Morgan fingerprint density at radius 2 is 2.12 bits per heavy atom. The van der Waals surface area contributed by atoms with Crippen LogP contribution in [0.3, 0.4) is 0 Å². The lowest BCUT2D eigenvalue weighted by Gasteiger charge is -2.34. The lowest BCUT2D eigenvalue weighted by atomic mass is 9.87. The number of aryl methyl sites for hydroxylation is 1. The molecule has 0 fully saturated rings. The van der Waals surface area contributed by atoms with Crippen molar-refractivity contribution in [2.75, 3.05) is 0 Å². The van der Waals surface area contributed by atoms with Crippen LogP contribution in [0.15, 0.2) is 34.0 Å². The molecular weight excluding hydrogens is 332 g/mol. The first-order valence-electron chi connectivity index (χ1n) is 9.14. The van der Waals surface area contributed by atoms with E-state index in [9.17, 15) is 9.90 Å². The van der Waals surface area contributed by atoms with E-state index >= 15 is 0 Å². The van der Waals surface area contributed by atoms with Gasteiger partial charge < -0.3 is 19.0 Å². The number of hydrogen-bond donors (Lipinski definition) is 1. The Kier molecular flexibility index (Phi) is 5.10. The number of ether oxygens (including phenoxy) is 2. The van der Waals surface area contributed by atoms with E-state index in [0.29, 0.717) is 29.1 Å². The lowest BCUT2D eigenvalue weighted by Crippen LogP contribution is -2.32. The van der Waals surface area contributed by atoms with Crippen LogP contribution >= 0.6 is 0 Å². The molecule has 0 saturated heterocycles. The molecule has 2 aromatic rings. The van der Waals surface area contributed by atoms with E-state index in [1.807, 2.05) is 27.7 Å². The molecule has 1 aromatic carbocycles. The normalized spacial score (nSPS) is 23.2. The highest BCUT2D eigenvalue weighted by Crippen LogP contribution is 2.46. The highest BCUT2D eigenvalue weighted by atomic mass is 16.5. The third-order valence-electron chi connectivity index (χ3n) is 5.07. The van der Waals surface area contributed by atoms with E-state index in [2.05, 4.69) is 6.58 Å². The van der Waals surface area contributed by atoms with Gasteiger partial charge in [-0.1, -0.05) is 32.9 Å². The maximum atomic E-state index is 12.2. The SMILES string of the molecule is C=CC(C)Oc1cc2c(c3oc(=O)cc(CCC)c13)C(O)[C@@H](C)[C@@H](C)O2. The van der Waals surface area contributed by atoms with Crippen LogP contribution in [0.4, 0.5) is 0 Å². The number of hydrogen-bond acceptors (Lipinski definition) is 5. The van der Waals surface area contributed by atoms with Gasteiger partial charge in [-0.25, -0.2) is 4.79 Å². The minimum absolute atomic E-state index is 0.121. The Labute approximate surface area is 153 Å². The predicted molar refractivity (Wildman–Crippen MR) is 101 cm³/mol. The smallest absolute Gasteiger partial charge is 0.336 e. The molecule has 0 aliphatic carbocycles. The van der Waals surface area contributed by atoms with Crippen LogP contribution in [-0.2, 0) is 6.42 Å². The molecule has 1 aliphatic heterocycles. The van der Waals surface area contributed by atoms with E-state index in [1.54, 1.807) is 12.1 Å². The highest BCUT2D eigenvalue weighted by molar-refractivity contribution is 5.92. The molecule has 5 heteroatoms. The molecule has 2 unspecified atom stereocenters. The van der Waals surface area contributed by atoms with Crippen LogP contribution in [0.25, 0.3) is 11.0 Å². The summed E-state index contributed by atoms with van der Waals surface area (Å²) >= 11 is 0. The largest absolute Gasteiger partial charge is 0.490 e. The summed E-state index contributed by atoms with van der Waals surface area (Å²) in [4.78, 5) is 12.2. The van der Waals surface area contributed by atoms with Gasteiger partial charge in [0.1, 0.15) is 23.7 Å². The zero-order valence-corrected chi connectivity index (χ0v) is 15.7. The van der Waals surface area contributed by atoms with Crippen molar-refractivity contribution in [3.05, 3.63) is 46.3 Å². The van der Waals surface area contributed by atoms with E-state index < -0.39 is 11.7 Å². The van der Waals surface area contributed by atoms with E-state index in [-0.39, 0.29) is 18.1 Å². The first-order valence-corrected chi connectivity index (χ1v) is 9.14. The molecular formula is C21H26O5. The van der Waals surface area contributed by atoms with Crippen molar-refractivity contribution in [2.45, 2.75) is 58.8 Å². The van der Waals surface area contributed by atoms with Gasteiger partial charge in [-0.3, -0.25) is 0 Å². The predicted octanol–water partition coefficient (Wildman–Crippen LogP) is 4.15. The molecule has 4 atom stereocenters. The maximum Gasteiger partial charge on any atom is 0.336 e. The van der Waals surface area contributed by atoms with Gasteiger partial charge in [0.25, 0.3) is 0 Å². The van der Waals surface area contributed by atoms with Crippen LogP contribution in [0, 0.1) is 5.92 Å². The second-order valence-corrected chi connectivity index (χ2v) is 7.02. The Bertz CT molecular complexity index is 882. The van der Waals surface area contributed by atoms with Crippen LogP contribution in [0.5, 0.6) is 11.5 Å². The maximum absolute atomic E-state index is 12.2. The van der Waals surface area contributed by atoms with E-state index in [0.717, 1.165) is 17.4 Å². The van der Waals surface area contributed by atoms with Crippen molar-refractivity contribution >= 4 is 11.0 Å². The Morgan fingerprint density at radius 3 is 2.77 bits per heavy atom. The minimum Gasteiger partial charge on any atom is -0.490 e. The fourth-order valence-electron chi connectivity index (χ4n) is 3.39. The number of rotatable bonds is 5. The Hall–Kier alpha value is -2.27. The standard InChI is InChI=1S/C21H26O5/c1-6-8-14-9-17(22)26-21-18(14)15(24-11(3)7-2)10-16-19(21)20(23)12(4)13(5)25-16/h7,9-13,20,23H,2,6,8H2,1,3-5H3/t11?,12-,13+,20?/m0/s1. The number of aliphatic hydroxyl groups excluding tert-OH is 1. The Morgan fingerprint density at radius 1 is 1.38 bits per heavy atom. The van der Waals surface area contributed by atoms with Crippen molar-refractivity contribution in [1.82, 2.24) is 0 Å². The lowest BCUT2D eigenvalue weighted by molar-refractivity contribution is 0.0177. The van der Waals surface area contributed by atoms with Crippen LogP contribution in [-0.4, -0.2) is 17.3 Å². The first-order chi connectivity index (χ1) is 12.4. The van der Waals surface area contributed by atoms with E-state index in [1.165, 1.54) is 6.07 Å². The number of fused-ring (bicyclic) bond motifs is 3. The van der Waals surface area contributed by atoms with Gasteiger partial charge in [0, 0.05) is 18.1 Å². The minimum atomic E-state index is -0.776. The second kappa shape index (κ2) is 7.16. The van der Waals surface area contributed by atoms with Gasteiger partial charge in [-0.15, -0.1) is 0 Å². The van der Waals surface area contributed by atoms with Gasteiger partial charge in [0.2, 0.25) is 0 Å². The zero-order chi connectivity index (χ0) is 19.0. The summed E-state index contributed by atoms with van der Waals surface area (Å²) in [6.07, 6.45) is 2.13. The third kappa shape index (κ3) is 3.12. The average molecular weight is 358 g/mol. The molecule has 0 radical (unpaired) electrons. The number of benzene rings is 1. The van der Waals surface area contributed by atoms with Gasteiger partial charge in [0.05, 0.1) is 17.1 Å². The van der Waals surface area contributed by atoms with Crippen LogP contribution < -0.4 is 15.1 Å².